The molecule has 3 aromatic rings. The second kappa shape index (κ2) is 49.5. The molecule has 0 unspecified atom stereocenters. The van der Waals surface area contributed by atoms with Crippen molar-refractivity contribution in [1.29, 1.82) is 0 Å². The Morgan fingerprint density at radius 3 is 1.09 bits per heavy atom. The maximum atomic E-state index is 2.48. The van der Waals surface area contributed by atoms with Crippen molar-refractivity contribution in [3.63, 3.8) is 0 Å². The third-order valence-corrected chi connectivity index (χ3v) is 5.71. The second-order valence-electron chi connectivity index (χ2n) is 9.49. The molecule has 0 saturated heterocycles. The zero-order valence-corrected chi connectivity index (χ0v) is 26.5. The predicted octanol–water partition coefficient (Wildman–Crippen LogP) is 17.5. The number of hydrogen-bond donors (Lipinski definition) is 0. The van der Waals surface area contributed by atoms with Gasteiger partial charge in [0.25, 0.3) is 0 Å². The van der Waals surface area contributed by atoms with Crippen molar-refractivity contribution >= 4 is 0 Å². The van der Waals surface area contributed by atoms with Crippen LogP contribution in [0, 0.1) is 5.41 Å². The third kappa shape index (κ3) is 36.1. The summed E-state index contributed by atoms with van der Waals surface area (Å²) in [4.78, 5) is 0. The minimum Gasteiger partial charge on any atom is -0.0776 e. The molecule has 0 aliphatic rings. The molecule has 0 aromatic heterocycles. The van der Waals surface area contributed by atoms with Gasteiger partial charge in [-0.1, -0.05) is 222 Å². The van der Waals surface area contributed by atoms with Gasteiger partial charge in [0, 0.05) is 0 Å². The van der Waals surface area contributed by atoms with Gasteiger partial charge in [-0.3, -0.25) is 0 Å². The van der Waals surface area contributed by atoms with Gasteiger partial charge in [-0.05, 0) is 78.2 Å². The molecule has 0 fully saturated rings. The summed E-state index contributed by atoms with van der Waals surface area (Å²) in [6, 6.07) is 29.0. The van der Waals surface area contributed by atoms with Crippen LogP contribution in [0.1, 0.15) is 184 Å². The van der Waals surface area contributed by atoms with Gasteiger partial charge in [-0.2, -0.15) is 0 Å². The highest BCUT2D eigenvalue weighted by molar-refractivity contribution is 5.34. The molecule has 46 heavy (non-hydrogen) atoms. The standard InChI is InChI=1S/C29H36.4C2H6.9CH4/c1-29(2,3)22-10-15-27-20-19-26(17-16-24-11-6-4-7-12-24)23-28(27)21-18-25-13-8-5-9-14-25;4*1-2;;;;;;;;;/h4-9,11-14,19-20,23H,10,15-18,21-22H2,1-3H3;4*1-2H3;9*1H4. The molecular weight excluding hydrogens is 553 g/mol. The highest BCUT2D eigenvalue weighted by Crippen LogP contribution is 2.24. The smallest absolute Gasteiger partial charge is 0.0235 e. The van der Waals surface area contributed by atoms with E-state index in [0.717, 1.165) is 25.7 Å². The van der Waals surface area contributed by atoms with Gasteiger partial charge >= 0.3 is 0 Å². The molecule has 0 N–H and O–H groups in total. The molecule has 0 nitrogen and oxygen atoms in total. The van der Waals surface area contributed by atoms with Crippen molar-refractivity contribution in [2.45, 2.75) is 188 Å². The van der Waals surface area contributed by atoms with Crippen molar-refractivity contribution in [3.05, 3.63) is 107 Å². The fourth-order valence-corrected chi connectivity index (χ4v) is 3.98. The Labute approximate surface area is 299 Å². The summed E-state index contributed by atoms with van der Waals surface area (Å²) in [7, 11) is 0. The fraction of sp³-hybridized carbons (Fsp3) is 0.609. The van der Waals surface area contributed by atoms with Crippen molar-refractivity contribution in [3.8, 4) is 0 Å². The van der Waals surface area contributed by atoms with Crippen molar-refractivity contribution in [2.24, 2.45) is 5.41 Å². The lowest BCUT2D eigenvalue weighted by atomic mass is 9.87. The first-order valence-electron chi connectivity index (χ1n) is 15.2. The zero-order valence-electron chi connectivity index (χ0n) is 26.5. The van der Waals surface area contributed by atoms with Crippen molar-refractivity contribution in [1.82, 2.24) is 0 Å². The Morgan fingerprint density at radius 2 is 0.717 bits per heavy atom. The van der Waals surface area contributed by atoms with Crippen LogP contribution in [0.25, 0.3) is 0 Å². The maximum absolute atomic E-state index is 2.48. The van der Waals surface area contributed by atoms with E-state index in [-0.39, 0.29) is 66.8 Å². The van der Waals surface area contributed by atoms with E-state index in [9.17, 15) is 0 Å². The van der Waals surface area contributed by atoms with Crippen LogP contribution in [-0.4, -0.2) is 0 Å². The van der Waals surface area contributed by atoms with Crippen LogP contribution < -0.4 is 0 Å². The van der Waals surface area contributed by atoms with Gasteiger partial charge in [0.2, 0.25) is 0 Å². The Morgan fingerprint density at radius 1 is 0.370 bits per heavy atom. The van der Waals surface area contributed by atoms with Crippen LogP contribution in [0.2, 0.25) is 0 Å². The van der Waals surface area contributed by atoms with E-state index in [1.54, 1.807) is 11.1 Å². The van der Waals surface area contributed by atoms with E-state index in [1.165, 1.54) is 36.0 Å². The first-order valence-corrected chi connectivity index (χ1v) is 15.2. The Kier molecular flexibility index (Phi) is 80.2. The monoisotopic (exact) mass is 649 g/mol. The fourth-order valence-electron chi connectivity index (χ4n) is 3.98. The summed E-state index contributed by atoms with van der Waals surface area (Å²) in [6.45, 7) is 23.0. The molecule has 3 rings (SSSR count). The van der Waals surface area contributed by atoms with Crippen molar-refractivity contribution in [2.75, 3.05) is 0 Å². The molecule has 0 atom stereocenters. The normalized spacial score (nSPS) is 7.80. The average molecular weight is 649 g/mol. The quantitative estimate of drug-likeness (QED) is 0.216. The van der Waals surface area contributed by atoms with Gasteiger partial charge in [-0.15, -0.1) is 0 Å². The summed E-state index contributed by atoms with van der Waals surface area (Å²) in [6.07, 6.45) is 8.22. The van der Waals surface area contributed by atoms with Crippen molar-refractivity contribution < 1.29 is 0 Å². The van der Waals surface area contributed by atoms with Gasteiger partial charge in [0.1, 0.15) is 0 Å². The van der Waals surface area contributed by atoms with Crippen LogP contribution in [0.15, 0.2) is 78.9 Å². The molecule has 0 heteroatoms. The third-order valence-electron chi connectivity index (χ3n) is 5.71. The summed E-state index contributed by atoms with van der Waals surface area (Å²) < 4.78 is 0. The first kappa shape index (κ1) is 74.5. The number of benzene rings is 3. The number of aryl methyl sites for hydroxylation is 5. The van der Waals surface area contributed by atoms with Gasteiger partial charge < -0.3 is 0 Å². The van der Waals surface area contributed by atoms with Gasteiger partial charge in [0.05, 0.1) is 0 Å². The molecule has 0 heterocycles. The SMILES string of the molecule is C.C.C.C.C.C.C.C.C.CC.CC.CC.CC.CC(C)(C)CCCc1ccc(CCc2ccccc2)cc1CCc1ccccc1. The van der Waals surface area contributed by atoms with Crippen LogP contribution in [0.4, 0.5) is 0 Å². The summed E-state index contributed by atoms with van der Waals surface area (Å²) >= 11 is 0. The Hall–Kier alpha value is -2.34. The maximum Gasteiger partial charge on any atom is -0.0235 e. The second-order valence-corrected chi connectivity index (χ2v) is 9.49. The van der Waals surface area contributed by atoms with E-state index < -0.39 is 0 Å². The van der Waals surface area contributed by atoms with E-state index >= 15 is 0 Å². The highest BCUT2D eigenvalue weighted by Gasteiger charge is 2.11. The van der Waals surface area contributed by atoms with Crippen LogP contribution >= 0.6 is 0 Å². The molecule has 0 spiro atoms. The van der Waals surface area contributed by atoms with Gasteiger partial charge in [0.15, 0.2) is 0 Å². The Bertz CT molecular complexity index is 854. The van der Waals surface area contributed by atoms with E-state index in [1.807, 2.05) is 55.4 Å². The minimum atomic E-state index is 0. The molecule has 0 aliphatic carbocycles. The Balaban J connectivity index is -0.0000000745. The molecule has 0 bridgehead atoms. The predicted molar refractivity (Wildman–Crippen MR) is 233 cm³/mol. The lowest BCUT2D eigenvalue weighted by molar-refractivity contribution is 0.365. The lowest BCUT2D eigenvalue weighted by Crippen LogP contribution is -2.06. The van der Waals surface area contributed by atoms with E-state index in [0.29, 0.717) is 5.41 Å². The zero-order chi connectivity index (χ0) is 28.5. The molecule has 0 saturated carbocycles. The molecule has 0 radical (unpaired) electrons. The van der Waals surface area contributed by atoms with Gasteiger partial charge in [-0.25, -0.2) is 0 Å². The molecule has 3 aromatic carbocycles. The molecular formula is C46H96. The highest BCUT2D eigenvalue weighted by atomic mass is 14.2. The number of hydrogen-bond acceptors (Lipinski definition) is 0. The summed E-state index contributed by atoms with van der Waals surface area (Å²) in [5.74, 6) is 0. The first-order chi connectivity index (χ1) is 18.0. The van der Waals surface area contributed by atoms with Crippen LogP contribution in [0.5, 0.6) is 0 Å². The minimum absolute atomic E-state index is 0. The van der Waals surface area contributed by atoms with E-state index in [4.69, 9.17) is 0 Å². The van der Waals surface area contributed by atoms with E-state index in [2.05, 4.69) is 99.6 Å². The number of rotatable bonds is 9. The molecule has 0 aliphatic heterocycles. The topological polar surface area (TPSA) is 0 Å². The lowest BCUT2D eigenvalue weighted by Gasteiger charge is -2.19. The molecule has 280 valence electrons. The largest absolute Gasteiger partial charge is 0.0776 e. The summed E-state index contributed by atoms with van der Waals surface area (Å²) in [5, 5.41) is 0. The molecule has 0 amide bonds. The van der Waals surface area contributed by atoms with Crippen LogP contribution in [0.3, 0.4) is 0 Å². The summed E-state index contributed by atoms with van der Waals surface area (Å²) in [5.41, 5.74) is 7.84. The van der Waals surface area contributed by atoms with Crippen LogP contribution in [-0.2, 0) is 32.1 Å². The average Bonchev–Trinajstić information content (AvgIpc) is 2.96.